The number of para-hydroxylation sites is 2. The molecule has 132 valence electrons. The zero-order valence-corrected chi connectivity index (χ0v) is 14.4. The van der Waals surface area contributed by atoms with Gasteiger partial charge in [-0.15, -0.1) is 0 Å². The van der Waals surface area contributed by atoms with Crippen LogP contribution in [0.4, 0.5) is 0 Å². The second kappa shape index (κ2) is 9.15. The molecule has 6 nitrogen and oxygen atoms in total. The SMILES string of the molecule is CCC1CCCCN1C(=O)CNC(=O)COc1ccccc1OC. The maximum absolute atomic E-state index is 12.3. The van der Waals surface area contributed by atoms with Gasteiger partial charge < -0.3 is 19.7 Å². The molecular weight excluding hydrogens is 308 g/mol. The summed E-state index contributed by atoms with van der Waals surface area (Å²) in [5.41, 5.74) is 0. The lowest BCUT2D eigenvalue weighted by atomic mass is 10.00. The first-order chi connectivity index (χ1) is 11.7. The molecular formula is C18H26N2O4. The van der Waals surface area contributed by atoms with E-state index in [1.54, 1.807) is 25.3 Å². The highest BCUT2D eigenvalue weighted by Gasteiger charge is 2.25. The van der Waals surface area contributed by atoms with Crippen molar-refractivity contribution in [3.8, 4) is 11.5 Å². The summed E-state index contributed by atoms with van der Waals surface area (Å²) < 4.78 is 10.6. The highest BCUT2D eigenvalue weighted by Crippen LogP contribution is 2.25. The summed E-state index contributed by atoms with van der Waals surface area (Å²) in [4.78, 5) is 26.1. The standard InChI is InChI=1S/C18H26N2O4/c1-3-14-8-6-7-11-20(14)18(22)12-19-17(21)13-24-16-10-5-4-9-15(16)23-2/h4-5,9-10,14H,3,6-8,11-13H2,1-2H3,(H,19,21). The van der Waals surface area contributed by atoms with Crippen molar-refractivity contribution in [3.63, 3.8) is 0 Å². The van der Waals surface area contributed by atoms with Gasteiger partial charge in [0, 0.05) is 12.6 Å². The van der Waals surface area contributed by atoms with Crippen LogP contribution >= 0.6 is 0 Å². The van der Waals surface area contributed by atoms with Crippen molar-refractivity contribution >= 4 is 11.8 Å². The molecule has 1 aliphatic heterocycles. The first kappa shape index (κ1) is 18.1. The summed E-state index contributed by atoms with van der Waals surface area (Å²) in [7, 11) is 1.55. The Morgan fingerprint density at radius 1 is 1.25 bits per heavy atom. The third-order valence-electron chi connectivity index (χ3n) is 4.28. The van der Waals surface area contributed by atoms with Gasteiger partial charge in [0.15, 0.2) is 18.1 Å². The van der Waals surface area contributed by atoms with Crippen molar-refractivity contribution in [2.75, 3.05) is 26.8 Å². The normalized spacial score (nSPS) is 17.2. The lowest BCUT2D eigenvalue weighted by Crippen LogP contribution is -2.48. The first-order valence-electron chi connectivity index (χ1n) is 8.47. The van der Waals surface area contributed by atoms with E-state index in [4.69, 9.17) is 9.47 Å². The second-order valence-electron chi connectivity index (χ2n) is 5.86. The van der Waals surface area contributed by atoms with Gasteiger partial charge >= 0.3 is 0 Å². The van der Waals surface area contributed by atoms with E-state index >= 15 is 0 Å². The molecule has 0 saturated carbocycles. The fourth-order valence-electron chi connectivity index (χ4n) is 2.96. The van der Waals surface area contributed by atoms with E-state index in [0.717, 1.165) is 25.8 Å². The summed E-state index contributed by atoms with van der Waals surface area (Å²) in [6.45, 7) is 2.75. The van der Waals surface area contributed by atoms with Crippen LogP contribution in [-0.4, -0.2) is 49.6 Å². The fraction of sp³-hybridized carbons (Fsp3) is 0.556. The van der Waals surface area contributed by atoms with Crippen molar-refractivity contribution in [3.05, 3.63) is 24.3 Å². The molecule has 2 rings (SSSR count). The number of benzene rings is 1. The number of methoxy groups -OCH3 is 1. The summed E-state index contributed by atoms with van der Waals surface area (Å²) >= 11 is 0. The lowest BCUT2D eigenvalue weighted by Gasteiger charge is -2.35. The molecule has 1 N–H and O–H groups in total. The van der Waals surface area contributed by atoms with Crippen molar-refractivity contribution in [2.45, 2.75) is 38.6 Å². The van der Waals surface area contributed by atoms with Crippen LogP contribution < -0.4 is 14.8 Å². The second-order valence-corrected chi connectivity index (χ2v) is 5.86. The highest BCUT2D eigenvalue weighted by molar-refractivity contribution is 5.85. The van der Waals surface area contributed by atoms with Gasteiger partial charge in [-0.2, -0.15) is 0 Å². The molecule has 0 aliphatic carbocycles. The molecule has 1 fully saturated rings. The van der Waals surface area contributed by atoms with Gasteiger partial charge in [-0.1, -0.05) is 19.1 Å². The molecule has 1 aromatic rings. The van der Waals surface area contributed by atoms with E-state index in [1.165, 1.54) is 6.42 Å². The number of amides is 2. The quantitative estimate of drug-likeness (QED) is 0.828. The molecule has 1 aromatic carbocycles. The van der Waals surface area contributed by atoms with Crippen LogP contribution in [0, 0.1) is 0 Å². The van der Waals surface area contributed by atoms with E-state index in [2.05, 4.69) is 12.2 Å². The van der Waals surface area contributed by atoms with Gasteiger partial charge in [0.2, 0.25) is 5.91 Å². The molecule has 6 heteroatoms. The Morgan fingerprint density at radius 3 is 2.71 bits per heavy atom. The molecule has 0 radical (unpaired) electrons. The van der Waals surface area contributed by atoms with E-state index in [-0.39, 0.29) is 25.0 Å². The number of nitrogens with one attached hydrogen (secondary N) is 1. The summed E-state index contributed by atoms with van der Waals surface area (Å²) in [5, 5.41) is 2.64. The molecule has 0 bridgehead atoms. The third-order valence-corrected chi connectivity index (χ3v) is 4.28. The topological polar surface area (TPSA) is 67.9 Å². The van der Waals surface area contributed by atoms with E-state index in [0.29, 0.717) is 17.5 Å². The van der Waals surface area contributed by atoms with Gasteiger partial charge in [-0.25, -0.2) is 0 Å². The molecule has 1 aliphatic rings. The lowest BCUT2D eigenvalue weighted by molar-refractivity contribution is -0.136. The van der Waals surface area contributed by atoms with Crippen LogP contribution in [0.3, 0.4) is 0 Å². The first-order valence-corrected chi connectivity index (χ1v) is 8.47. The van der Waals surface area contributed by atoms with Crippen LogP contribution in [0.25, 0.3) is 0 Å². The number of carbonyl (C=O) groups excluding carboxylic acids is 2. The number of hydrogen-bond donors (Lipinski definition) is 1. The monoisotopic (exact) mass is 334 g/mol. The van der Waals surface area contributed by atoms with Gasteiger partial charge in [-0.05, 0) is 37.8 Å². The molecule has 1 unspecified atom stereocenters. The van der Waals surface area contributed by atoms with Crippen molar-refractivity contribution in [1.29, 1.82) is 0 Å². The van der Waals surface area contributed by atoms with Crippen molar-refractivity contribution in [2.24, 2.45) is 0 Å². The third kappa shape index (κ3) is 4.88. The smallest absolute Gasteiger partial charge is 0.258 e. The van der Waals surface area contributed by atoms with Crippen LogP contribution in [0.15, 0.2) is 24.3 Å². The number of likely N-dealkylation sites (tertiary alicyclic amines) is 1. The minimum atomic E-state index is -0.320. The zero-order valence-electron chi connectivity index (χ0n) is 14.4. The van der Waals surface area contributed by atoms with Crippen LogP contribution in [0.2, 0.25) is 0 Å². The molecule has 1 heterocycles. The molecule has 0 spiro atoms. The number of nitrogens with zero attached hydrogens (tertiary/aromatic N) is 1. The summed E-state index contributed by atoms with van der Waals surface area (Å²) in [6.07, 6.45) is 4.21. The average Bonchev–Trinajstić information content (AvgIpc) is 2.64. The number of piperidine rings is 1. The van der Waals surface area contributed by atoms with Gasteiger partial charge in [0.05, 0.1) is 13.7 Å². The van der Waals surface area contributed by atoms with E-state index in [9.17, 15) is 9.59 Å². The summed E-state index contributed by atoms with van der Waals surface area (Å²) in [5.74, 6) is 0.732. The minimum absolute atomic E-state index is 0.0185. The molecule has 0 aromatic heterocycles. The minimum Gasteiger partial charge on any atom is -0.493 e. The predicted molar refractivity (Wildman–Crippen MR) is 91.1 cm³/mol. The molecule has 1 atom stereocenters. The van der Waals surface area contributed by atoms with Crippen molar-refractivity contribution in [1.82, 2.24) is 10.2 Å². The van der Waals surface area contributed by atoms with Gasteiger partial charge in [0.25, 0.3) is 5.91 Å². The Balaban J connectivity index is 1.77. The Morgan fingerprint density at radius 2 is 2.00 bits per heavy atom. The zero-order chi connectivity index (χ0) is 17.4. The number of hydrogen-bond acceptors (Lipinski definition) is 4. The number of ether oxygens (including phenoxy) is 2. The van der Waals surface area contributed by atoms with Crippen LogP contribution in [0.1, 0.15) is 32.6 Å². The Bertz CT molecular complexity index is 562. The Hall–Kier alpha value is -2.24. The maximum Gasteiger partial charge on any atom is 0.258 e. The number of rotatable bonds is 7. The van der Waals surface area contributed by atoms with Crippen LogP contribution in [-0.2, 0) is 9.59 Å². The molecule has 2 amide bonds. The van der Waals surface area contributed by atoms with Gasteiger partial charge in [-0.3, -0.25) is 9.59 Å². The molecule has 1 saturated heterocycles. The fourth-order valence-corrected chi connectivity index (χ4v) is 2.96. The number of carbonyl (C=O) groups is 2. The summed E-state index contributed by atoms with van der Waals surface area (Å²) in [6, 6.07) is 7.43. The predicted octanol–water partition coefficient (Wildman–Crippen LogP) is 1.98. The largest absolute Gasteiger partial charge is 0.493 e. The van der Waals surface area contributed by atoms with Crippen LogP contribution in [0.5, 0.6) is 11.5 Å². The van der Waals surface area contributed by atoms with E-state index in [1.807, 2.05) is 11.0 Å². The highest BCUT2D eigenvalue weighted by atomic mass is 16.5. The van der Waals surface area contributed by atoms with Crippen molar-refractivity contribution < 1.29 is 19.1 Å². The average molecular weight is 334 g/mol. The molecule has 24 heavy (non-hydrogen) atoms. The van der Waals surface area contributed by atoms with E-state index < -0.39 is 0 Å². The Labute approximate surface area is 143 Å². The Kier molecular flexibility index (Phi) is 6.90. The van der Waals surface area contributed by atoms with Gasteiger partial charge in [0.1, 0.15) is 0 Å². The maximum atomic E-state index is 12.3.